The SMILES string of the molecule is c1cc2cnc3c(c2[nH]1)CCN3. The van der Waals surface area contributed by atoms with Gasteiger partial charge in [0.25, 0.3) is 0 Å². The topological polar surface area (TPSA) is 40.7 Å². The molecule has 0 fully saturated rings. The van der Waals surface area contributed by atoms with Gasteiger partial charge in [0.1, 0.15) is 5.82 Å². The van der Waals surface area contributed by atoms with Gasteiger partial charge in [0, 0.05) is 29.9 Å². The zero-order valence-electron chi connectivity index (χ0n) is 6.59. The van der Waals surface area contributed by atoms with E-state index < -0.39 is 0 Å². The van der Waals surface area contributed by atoms with Gasteiger partial charge < -0.3 is 10.3 Å². The molecule has 0 atom stereocenters. The zero-order chi connectivity index (χ0) is 7.97. The van der Waals surface area contributed by atoms with Crippen molar-refractivity contribution >= 4 is 16.7 Å². The molecule has 3 rings (SSSR count). The van der Waals surface area contributed by atoms with Gasteiger partial charge in [-0.2, -0.15) is 0 Å². The van der Waals surface area contributed by atoms with Crippen molar-refractivity contribution in [1.29, 1.82) is 0 Å². The highest BCUT2D eigenvalue weighted by Crippen LogP contribution is 2.26. The Labute approximate surface area is 69.8 Å². The number of aromatic amines is 1. The fraction of sp³-hybridized carbons (Fsp3) is 0.222. The van der Waals surface area contributed by atoms with Gasteiger partial charge in [-0.3, -0.25) is 0 Å². The van der Waals surface area contributed by atoms with E-state index in [2.05, 4.69) is 21.4 Å². The number of H-pyrrole nitrogens is 1. The highest BCUT2D eigenvalue weighted by atomic mass is 15.0. The summed E-state index contributed by atoms with van der Waals surface area (Å²) < 4.78 is 0. The Balaban J connectivity index is 2.46. The first-order valence-corrected chi connectivity index (χ1v) is 4.14. The molecule has 0 spiro atoms. The van der Waals surface area contributed by atoms with Crippen molar-refractivity contribution < 1.29 is 0 Å². The van der Waals surface area contributed by atoms with Crippen LogP contribution in [0.25, 0.3) is 10.9 Å². The molecule has 1 aliphatic heterocycles. The summed E-state index contributed by atoms with van der Waals surface area (Å²) in [5.41, 5.74) is 2.57. The maximum absolute atomic E-state index is 4.33. The standard InChI is InChI=1S/C9H9N3/c1-3-10-8-6(1)5-12-9-7(8)2-4-11-9/h1,3,5,10H,2,4H2,(H,11,12). The Hall–Kier alpha value is -1.51. The molecule has 0 aromatic carbocycles. The molecule has 2 aromatic rings. The fourth-order valence-corrected chi connectivity index (χ4v) is 1.78. The second-order valence-corrected chi connectivity index (χ2v) is 3.07. The molecule has 0 saturated heterocycles. The summed E-state index contributed by atoms with van der Waals surface area (Å²) in [5, 5.41) is 4.46. The fourth-order valence-electron chi connectivity index (χ4n) is 1.78. The van der Waals surface area contributed by atoms with Gasteiger partial charge >= 0.3 is 0 Å². The molecule has 0 aliphatic carbocycles. The molecule has 0 bridgehead atoms. The minimum Gasteiger partial charge on any atom is -0.369 e. The van der Waals surface area contributed by atoms with Gasteiger partial charge in [-0.15, -0.1) is 0 Å². The third-order valence-electron chi connectivity index (χ3n) is 2.37. The number of anilines is 1. The molecular formula is C9H9N3. The lowest BCUT2D eigenvalue weighted by Crippen LogP contribution is -1.92. The summed E-state index contributed by atoms with van der Waals surface area (Å²) in [6.07, 6.45) is 4.95. The maximum Gasteiger partial charge on any atom is 0.131 e. The molecule has 3 heteroatoms. The Bertz CT molecular complexity index is 430. The molecule has 60 valence electrons. The average Bonchev–Trinajstić information content (AvgIpc) is 2.71. The summed E-state index contributed by atoms with van der Waals surface area (Å²) in [6.45, 7) is 1.01. The van der Waals surface area contributed by atoms with E-state index in [9.17, 15) is 0 Å². The molecular weight excluding hydrogens is 150 g/mol. The molecule has 3 nitrogen and oxygen atoms in total. The molecule has 12 heavy (non-hydrogen) atoms. The number of hydrogen-bond donors (Lipinski definition) is 2. The van der Waals surface area contributed by atoms with Gasteiger partial charge in [0.2, 0.25) is 0 Å². The monoisotopic (exact) mass is 159 g/mol. The van der Waals surface area contributed by atoms with Crippen LogP contribution in [0.15, 0.2) is 18.5 Å². The van der Waals surface area contributed by atoms with Crippen LogP contribution < -0.4 is 5.32 Å². The number of aromatic nitrogens is 2. The van der Waals surface area contributed by atoms with E-state index in [-0.39, 0.29) is 0 Å². The van der Waals surface area contributed by atoms with Gasteiger partial charge in [0.15, 0.2) is 0 Å². The van der Waals surface area contributed by atoms with Crippen molar-refractivity contribution in [2.45, 2.75) is 6.42 Å². The van der Waals surface area contributed by atoms with E-state index in [0.29, 0.717) is 0 Å². The number of nitrogens with one attached hydrogen (secondary N) is 2. The van der Waals surface area contributed by atoms with Gasteiger partial charge in [-0.25, -0.2) is 4.98 Å². The summed E-state index contributed by atoms with van der Waals surface area (Å²) in [5.74, 6) is 1.05. The van der Waals surface area contributed by atoms with Crippen molar-refractivity contribution in [3.63, 3.8) is 0 Å². The van der Waals surface area contributed by atoms with Crippen LogP contribution in [0.3, 0.4) is 0 Å². The summed E-state index contributed by atoms with van der Waals surface area (Å²) >= 11 is 0. The summed E-state index contributed by atoms with van der Waals surface area (Å²) in [6, 6.07) is 2.06. The van der Waals surface area contributed by atoms with E-state index in [1.54, 1.807) is 0 Å². The third kappa shape index (κ3) is 0.630. The molecule has 2 aromatic heterocycles. The normalized spacial score (nSPS) is 14.7. The predicted octanol–water partition coefficient (Wildman–Crippen LogP) is 1.53. The van der Waals surface area contributed by atoms with E-state index in [1.807, 2.05) is 12.4 Å². The van der Waals surface area contributed by atoms with Crippen LogP contribution in [0.4, 0.5) is 5.82 Å². The van der Waals surface area contributed by atoms with Crippen LogP contribution in [0, 0.1) is 0 Å². The lowest BCUT2D eigenvalue weighted by Gasteiger charge is -1.98. The first-order valence-electron chi connectivity index (χ1n) is 4.14. The van der Waals surface area contributed by atoms with Gasteiger partial charge in [0.05, 0.1) is 5.52 Å². The quantitative estimate of drug-likeness (QED) is 0.612. The van der Waals surface area contributed by atoms with Crippen molar-refractivity contribution in [1.82, 2.24) is 9.97 Å². The van der Waals surface area contributed by atoms with Crippen molar-refractivity contribution in [2.24, 2.45) is 0 Å². The predicted molar refractivity (Wildman–Crippen MR) is 48.3 cm³/mol. The number of pyridine rings is 1. The largest absolute Gasteiger partial charge is 0.369 e. The van der Waals surface area contributed by atoms with Crippen LogP contribution in [-0.4, -0.2) is 16.5 Å². The highest BCUT2D eigenvalue weighted by Gasteiger charge is 2.14. The number of hydrogen-bond acceptors (Lipinski definition) is 2. The minimum atomic E-state index is 1.01. The van der Waals surface area contributed by atoms with E-state index in [4.69, 9.17) is 0 Å². The van der Waals surface area contributed by atoms with Gasteiger partial charge in [-0.1, -0.05) is 0 Å². The van der Waals surface area contributed by atoms with Gasteiger partial charge in [-0.05, 0) is 12.5 Å². The Kier molecular flexibility index (Phi) is 1.01. The first kappa shape index (κ1) is 6.06. The Morgan fingerprint density at radius 3 is 3.42 bits per heavy atom. The van der Waals surface area contributed by atoms with Crippen molar-refractivity contribution in [3.05, 3.63) is 24.0 Å². The highest BCUT2D eigenvalue weighted by molar-refractivity contribution is 5.86. The van der Waals surface area contributed by atoms with E-state index in [1.165, 1.54) is 16.5 Å². The number of nitrogens with zero attached hydrogens (tertiary/aromatic N) is 1. The second kappa shape index (κ2) is 2.00. The minimum absolute atomic E-state index is 1.01. The molecule has 0 amide bonds. The second-order valence-electron chi connectivity index (χ2n) is 3.07. The van der Waals surface area contributed by atoms with Crippen LogP contribution in [-0.2, 0) is 6.42 Å². The molecule has 0 unspecified atom stereocenters. The lowest BCUT2D eigenvalue weighted by molar-refractivity contribution is 1.11. The number of rotatable bonds is 0. The third-order valence-corrected chi connectivity index (χ3v) is 2.37. The molecule has 2 N–H and O–H groups in total. The number of fused-ring (bicyclic) bond motifs is 3. The summed E-state index contributed by atoms with van der Waals surface area (Å²) in [4.78, 5) is 7.57. The zero-order valence-corrected chi connectivity index (χ0v) is 6.59. The van der Waals surface area contributed by atoms with Crippen molar-refractivity contribution in [2.75, 3.05) is 11.9 Å². The van der Waals surface area contributed by atoms with E-state index in [0.717, 1.165) is 18.8 Å². The molecule has 0 saturated carbocycles. The smallest absolute Gasteiger partial charge is 0.131 e. The van der Waals surface area contributed by atoms with Crippen LogP contribution in [0.5, 0.6) is 0 Å². The lowest BCUT2D eigenvalue weighted by atomic mass is 10.2. The first-order chi connectivity index (χ1) is 5.95. The van der Waals surface area contributed by atoms with Crippen LogP contribution in [0.1, 0.15) is 5.56 Å². The summed E-state index contributed by atoms with van der Waals surface area (Å²) in [7, 11) is 0. The van der Waals surface area contributed by atoms with E-state index >= 15 is 0 Å². The maximum atomic E-state index is 4.33. The molecule has 0 radical (unpaired) electrons. The Morgan fingerprint density at radius 1 is 1.42 bits per heavy atom. The van der Waals surface area contributed by atoms with Crippen LogP contribution in [0.2, 0.25) is 0 Å². The molecule has 3 heterocycles. The molecule has 1 aliphatic rings. The van der Waals surface area contributed by atoms with Crippen molar-refractivity contribution in [3.8, 4) is 0 Å². The average molecular weight is 159 g/mol. The van der Waals surface area contributed by atoms with Crippen LogP contribution >= 0.6 is 0 Å². The Morgan fingerprint density at radius 2 is 2.42 bits per heavy atom.